The van der Waals surface area contributed by atoms with Gasteiger partial charge in [-0.15, -0.1) is 0 Å². The van der Waals surface area contributed by atoms with Crippen molar-refractivity contribution in [3.63, 3.8) is 0 Å². The molecule has 14 nitrogen and oxygen atoms in total. The first-order valence-corrected chi connectivity index (χ1v) is 18.3. The summed E-state index contributed by atoms with van der Waals surface area (Å²) in [5.74, 6) is -4.50. The third-order valence-electron chi connectivity index (χ3n) is 12.1. The summed E-state index contributed by atoms with van der Waals surface area (Å²) in [6.07, 6.45) is -8.94. The first-order chi connectivity index (χ1) is 23.4. The number of aliphatic hydroxyl groups excluding tert-OH is 3. The maximum Gasteiger partial charge on any atom is 0.311 e. The van der Waals surface area contributed by atoms with E-state index < -0.39 is 102 Å². The number of rotatable bonds is 7. The summed E-state index contributed by atoms with van der Waals surface area (Å²) in [5.41, 5.74) is -4.25. The van der Waals surface area contributed by atoms with Crippen LogP contribution in [0.15, 0.2) is 0 Å². The fraction of sp³-hybridized carbons (Fsp3) is 0.946. The van der Waals surface area contributed by atoms with Crippen molar-refractivity contribution < 1.29 is 63.2 Å². The van der Waals surface area contributed by atoms with Gasteiger partial charge in [0.25, 0.3) is 0 Å². The van der Waals surface area contributed by atoms with E-state index in [-0.39, 0.29) is 30.8 Å². The summed E-state index contributed by atoms with van der Waals surface area (Å²) in [5, 5.41) is 45.2. The Bertz CT molecular complexity index is 1170. The minimum Gasteiger partial charge on any atom is -0.459 e. The molecule has 14 heteroatoms. The zero-order chi connectivity index (χ0) is 39.0. The largest absolute Gasteiger partial charge is 0.459 e. The highest BCUT2D eigenvalue weighted by molar-refractivity contribution is 5.83. The SMILES string of the molecule is CO[C@]1(C)C[C@@H](C)C(=O)[C@H](C)[C@@H](O)[C@](C)(O)[C@@H](C)OC(=O)[C@H](C)[C@@H](O[C@H]2C[C@@](C)(OC)[C@@H](O)[C@H](C)O2)[C@H](C)[C@H]1O[C@@H]1O[C@H](C)C[C@H](N(C)C)[C@H]1O. The number of carbonyl (C=O) groups excluding carboxylic acids is 2. The maximum atomic E-state index is 14.0. The van der Waals surface area contributed by atoms with Crippen molar-refractivity contribution in [3.8, 4) is 0 Å². The van der Waals surface area contributed by atoms with Crippen LogP contribution in [-0.4, -0.2) is 150 Å². The molecule has 0 spiro atoms. The molecule has 0 amide bonds. The summed E-state index contributed by atoms with van der Waals surface area (Å²) >= 11 is 0. The highest BCUT2D eigenvalue weighted by Crippen LogP contribution is 2.41. The fourth-order valence-electron chi connectivity index (χ4n) is 8.17. The Morgan fingerprint density at radius 1 is 0.804 bits per heavy atom. The lowest BCUT2D eigenvalue weighted by Gasteiger charge is -2.49. The molecule has 0 aromatic heterocycles. The van der Waals surface area contributed by atoms with Crippen molar-refractivity contribution in [1.82, 2.24) is 4.90 Å². The average Bonchev–Trinajstić information content (AvgIpc) is 3.07. The van der Waals surface area contributed by atoms with Crippen LogP contribution in [0, 0.1) is 23.7 Å². The number of esters is 1. The van der Waals surface area contributed by atoms with Crippen LogP contribution in [0.4, 0.5) is 0 Å². The standard InChI is InChI=1S/C37H67NO13/c1-18-16-36(9,46-14)32(51-34-28(40)25(38(11)12)15-19(2)47-34)21(4)29(50-26-17-35(8,45-13)31(42)23(6)48-26)22(5)33(43)49-24(7)37(10,44)30(41)20(3)27(18)39/h18-26,28-32,34,40-42,44H,15-17H2,1-14H3/t18-,19-,20+,21+,22-,23+,24-,25+,26+,28-,29+,30-,31+,32-,34+,35-,36-,37-/m1/s1. The highest BCUT2D eigenvalue weighted by Gasteiger charge is 2.53. The number of cyclic esters (lactones) is 1. The second-order valence-corrected chi connectivity index (χ2v) is 16.4. The van der Waals surface area contributed by atoms with Crippen molar-refractivity contribution in [2.24, 2.45) is 23.7 Å². The maximum absolute atomic E-state index is 14.0. The Morgan fingerprint density at radius 3 is 1.94 bits per heavy atom. The zero-order valence-corrected chi connectivity index (χ0v) is 33.2. The minimum atomic E-state index is -1.97. The van der Waals surface area contributed by atoms with Crippen molar-refractivity contribution >= 4 is 11.8 Å². The predicted octanol–water partition coefficient (Wildman–Crippen LogP) is 2.05. The van der Waals surface area contributed by atoms with E-state index >= 15 is 0 Å². The van der Waals surface area contributed by atoms with Gasteiger partial charge in [-0.3, -0.25) is 9.59 Å². The lowest BCUT2D eigenvalue weighted by Crippen LogP contribution is -2.61. The van der Waals surface area contributed by atoms with E-state index in [1.165, 1.54) is 35.0 Å². The number of ether oxygens (including phenoxy) is 7. The molecule has 0 radical (unpaired) electrons. The number of aliphatic hydroxyl groups is 4. The van der Waals surface area contributed by atoms with Gasteiger partial charge in [0.2, 0.25) is 0 Å². The summed E-state index contributed by atoms with van der Waals surface area (Å²) in [4.78, 5) is 29.8. The molecule has 51 heavy (non-hydrogen) atoms. The molecule has 3 fully saturated rings. The number of hydrogen-bond donors (Lipinski definition) is 4. The van der Waals surface area contributed by atoms with Crippen molar-refractivity contribution in [2.75, 3.05) is 28.3 Å². The number of ketones is 1. The molecule has 298 valence electrons. The van der Waals surface area contributed by atoms with E-state index in [1.807, 2.05) is 32.8 Å². The van der Waals surface area contributed by atoms with Gasteiger partial charge in [0.15, 0.2) is 12.6 Å². The molecule has 0 unspecified atom stereocenters. The van der Waals surface area contributed by atoms with Gasteiger partial charge in [-0.05, 0) is 75.4 Å². The van der Waals surface area contributed by atoms with Gasteiger partial charge in [-0.2, -0.15) is 0 Å². The third kappa shape index (κ3) is 9.33. The lowest BCUT2D eigenvalue weighted by molar-refractivity contribution is -0.319. The van der Waals surface area contributed by atoms with Gasteiger partial charge in [-0.1, -0.05) is 20.8 Å². The molecule has 0 aromatic rings. The number of carbonyl (C=O) groups is 2. The van der Waals surface area contributed by atoms with Crippen LogP contribution >= 0.6 is 0 Å². The van der Waals surface area contributed by atoms with E-state index in [1.54, 1.807) is 34.6 Å². The molecular formula is C37H67NO13. The van der Waals surface area contributed by atoms with E-state index in [0.29, 0.717) is 6.42 Å². The van der Waals surface area contributed by atoms with Crippen LogP contribution in [0.2, 0.25) is 0 Å². The van der Waals surface area contributed by atoms with Crippen LogP contribution in [0.25, 0.3) is 0 Å². The van der Waals surface area contributed by atoms with Crippen LogP contribution in [-0.2, 0) is 42.7 Å². The van der Waals surface area contributed by atoms with Gasteiger partial charge >= 0.3 is 5.97 Å². The van der Waals surface area contributed by atoms with E-state index in [9.17, 15) is 30.0 Å². The zero-order valence-electron chi connectivity index (χ0n) is 33.2. The minimum absolute atomic E-state index is 0.109. The summed E-state index contributed by atoms with van der Waals surface area (Å²) in [6.45, 7) is 16.7. The van der Waals surface area contributed by atoms with Crippen molar-refractivity contribution in [1.29, 1.82) is 0 Å². The first-order valence-electron chi connectivity index (χ1n) is 18.3. The Hall–Kier alpha value is -1.30. The first kappa shape index (κ1) is 44.1. The van der Waals surface area contributed by atoms with Gasteiger partial charge in [-0.25, -0.2) is 0 Å². The van der Waals surface area contributed by atoms with Crippen molar-refractivity contribution in [3.05, 3.63) is 0 Å². The smallest absolute Gasteiger partial charge is 0.311 e. The second kappa shape index (κ2) is 17.0. The second-order valence-electron chi connectivity index (χ2n) is 16.4. The molecule has 3 aliphatic heterocycles. The Morgan fingerprint density at radius 2 is 1.39 bits per heavy atom. The molecular weight excluding hydrogens is 666 g/mol. The van der Waals surface area contributed by atoms with Gasteiger partial charge < -0.3 is 58.5 Å². The molecule has 0 aromatic carbocycles. The molecule has 3 heterocycles. The number of nitrogens with zero attached hydrogens (tertiary/aromatic N) is 1. The molecule has 18 atom stereocenters. The lowest BCUT2D eigenvalue weighted by atomic mass is 9.74. The Labute approximate surface area is 304 Å². The molecule has 4 N–H and O–H groups in total. The number of methoxy groups -OCH3 is 2. The van der Waals surface area contributed by atoms with Crippen LogP contribution in [0.3, 0.4) is 0 Å². The molecule has 3 rings (SSSR count). The van der Waals surface area contributed by atoms with Gasteiger partial charge in [0.05, 0.1) is 47.6 Å². The Kier molecular flexibility index (Phi) is 14.7. The average molecular weight is 734 g/mol. The molecule has 0 aliphatic carbocycles. The van der Waals surface area contributed by atoms with E-state index in [4.69, 9.17) is 33.2 Å². The topological polar surface area (TPSA) is 183 Å². The predicted molar refractivity (Wildman–Crippen MR) is 186 cm³/mol. The number of Topliss-reactive ketones (excluding diaryl/α,β-unsaturated/α-hetero) is 1. The summed E-state index contributed by atoms with van der Waals surface area (Å²) < 4.78 is 43.6. The Balaban J connectivity index is 2.20. The quantitative estimate of drug-likeness (QED) is 0.279. The van der Waals surface area contributed by atoms with Gasteiger partial charge in [0, 0.05) is 44.4 Å². The monoisotopic (exact) mass is 733 g/mol. The van der Waals surface area contributed by atoms with Crippen LogP contribution in [0.1, 0.15) is 88.5 Å². The molecule has 3 saturated heterocycles. The van der Waals surface area contributed by atoms with Gasteiger partial charge in [0.1, 0.15) is 29.7 Å². The summed E-state index contributed by atoms with van der Waals surface area (Å²) in [7, 11) is 6.75. The van der Waals surface area contributed by atoms with E-state index in [0.717, 1.165) is 0 Å². The highest BCUT2D eigenvalue weighted by atomic mass is 16.7. The van der Waals surface area contributed by atoms with Crippen molar-refractivity contribution in [2.45, 2.75) is 173 Å². The molecule has 0 bridgehead atoms. The van der Waals surface area contributed by atoms with Crippen LogP contribution in [0.5, 0.6) is 0 Å². The summed E-state index contributed by atoms with van der Waals surface area (Å²) in [6, 6.07) is -0.283. The fourth-order valence-corrected chi connectivity index (χ4v) is 8.17. The third-order valence-corrected chi connectivity index (χ3v) is 12.1. The van der Waals surface area contributed by atoms with Crippen LogP contribution < -0.4 is 0 Å². The number of likely N-dealkylation sites (N-methyl/N-ethyl adjacent to an activating group) is 1. The molecule has 0 saturated carbocycles. The number of hydrogen-bond acceptors (Lipinski definition) is 14. The molecule has 3 aliphatic rings. The van der Waals surface area contributed by atoms with E-state index in [2.05, 4.69) is 0 Å². The normalized spacial score (nSPS) is 49.7.